The van der Waals surface area contributed by atoms with Gasteiger partial charge >= 0.3 is 5.97 Å². The highest BCUT2D eigenvalue weighted by molar-refractivity contribution is 7.21. The van der Waals surface area contributed by atoms with Crippen molar-refractivity contribution >= 4 is 33.3 Å². The third kappa shape index (κ3) is 3.21. The van der Waals surface area contributed by atoms with E-state index >= 15 is 0 Å². The van der Waals surface area contributed by atoms with Crippen molar-refractivity contribution < 1.29 is 14.3 Å². The van der Waals surface area contributed by atoms with Gasteiger partial charge in [0, 0.05) is 17.1 Å². The van der Waals surface area contributed by atoms with E-state index in [-0.39, 0.29) is 18.8 Å². The fourth-order valence-corrected chi connectivity index (χ4v) is 3.66. The van der Waals surface area contributed by atoms with Gasteiger partial charge in [-0.3, -0.25) is 9.59 Å². The maximum absolute atomic E-state index is 12.6. The molecule has 3 aromatic rings. The fourth-order valence-electron chi connectivity index (χ4n) is 2.56. The van der Waals surface area contributed by atoms with Crippen LogP contribution in [0.2, 0.25) is 0 Å². The van der Waals surface area contributed by atoms with Crippen LogP contribution in [0, 0.1) is 6.92 Å². The molecule has 0 spiro atoms. The van der Waals surface area contributed by atoms with E-state index in [1.165, 1.54) is 11.3 Å². The van der Waals surface area contributed by atoms with Gasteiger partial charge in [0.15, 0.2) is 5.78 Å². The number of aryl methyl sites for hydroxylation is 1. The van der Waals surface area contributed by atoms with E-state index in [1.54, 1.807) is 13.1 Å². The van der Waals surface area contributed by atoms with Crippen LogP contribution in [0.25, 0.3) is 21.3 Å². The minimum Gasteiger partial charge on any atom is -0.466 e. The molecule has 0 aliphatic carbocycles. The molecule has 0 saturated carbocycles. The first kappa shape index (κ1) is 16.3. The average Bonchev–Trinajstić information content (AvgIpc) is 2.95. The minimum absolute atomic E-state index is 0.230. The molecule has 2 heterocycles. The quantitative estimate of drug-likeness (QED) is 0.392. The molecule has 122 valence electrons. The Labute approximate surface area is 144 Å². The third-order valence-corrected chi connectivity index (χ3v) is 4.82. The summed E-state index contributed by atoms with van der Waals surface area (Å²) in [5.74, 6) is -0.727. The van der Waals surface area contributed by atoms with Crippen molar-refractivity contribution in [1.82, 2.24) is 4.98 Å². The number of esters is 1. The van der Waals surface area contributed by atoms with Crippen LogP contribution in [-0.4, -0.2) is 23.3 Å². The van der Waals surface area contributed by atoms with Gasteiger partial charge in [0.05, 0.1) is 11.5 Å². The molecule has 0 saturated heterocycles. The lowest BCUT2D eigenvalue weighted by atomic mass is 9.99. The first-order valence-corrected chi connectivity index (χ1v) is 8.55. The lowest BCUT2D eigenvalue weighted by molar-refractivity contribution is -0.141. The van der Waals surface area contributed by atoms with Crippen LogP contribution in [-0.2, 0) is 9.53 Å². The number of fused-ring (bicyclic) bond motifs is 1. The summed E-state index contributed by atoms with van der Waals surface area (Å²) < 4.78 is 4.90. The van der Waals surface area contributed by atoms with E-state index in [0.29, 0.717) is 4.88 Å². The molecule has 0 aliphatic heterocycles. The van der Waals surface area contributed by atoms with E-state index in [0.717, 1.165) is 26.9 Å². The van der Waals surface area contributed by atoms with Gasteiger partial charge < -0.3 is 4.74 Å². The van der Waals surface area contributed by atoms with Gasteiger partial charge in [0.1, 0.15) is 11.3 Å². The number of hydrogen-bond acceptors (Lipinski definition) is 5. The molecule has 0 radical (unpaired) electrons. The van der Waals surface area contributed by atoms with E-state index in [9.17, 15) is 9.59 Å². The van der Waals surface area contributed by atoms with Crippen LogP contribution in [0.4, 0.5) is 0 Å². The second kappa shape index (κ2) is 6.93. The number of carbonyl (C=O) groups is 2. The van der Waals surface area contributed by atoms with Crippen LogP contribution in [0.15, 0.2) is 42.6 Å². The van der Waals surface area contributed by atoms with Crippen molar-refractivity contribution in [3.05, 3.63) is 53.0 Å². The lowest BCUT2D eigenvalue weighted by Crippen LogP contribution is -2.11. The van der Waals surface area contributed by atoms with Crippen LogP contribution in [0.3, 0.4) is 0 Å². The van der Waals surface area contributed by atoms with E-state index < -0.39 is 5.97 Å². The number of thiophene rings is 1. The van der Waals surface area contributed by atoms with Gasteiger partial charge in [0.25, 0.3) is 0 Å². The van der Waals surface area contributed by atoms with E-state index in [4.69, 9.17) is 4.74 Å². The smallest absolute Gasteiger partial charge is 0.313 e. The number of pyridine rings is 1. The zero-order chi connectivity index (χ0) is 17.1. The second-order valence-electron chi connectivity index (χ2n) is 5.43. The topological polar surface area (TPSA) is 56.3 Å². The second-order valence-corrected chi connectivity index (χ2v) is 6.43. The minimum atomic E-state index is -0.497. The Morgan fingerprint density at radius 1 is 1.17 bits per heavy atom. The van der Waals surface area contributed by atoms with Gasteiger partial charge in [-0.05, 0) is 31.5 Å². The highest BCUT2D eigenvalue weighted by atomic mass is 32.1. The Kier molecular flexibility index (Phi) is 4.71. The highest BCUT2D eigenvalue weighted by Crippen LogP contribution is 2.38. The molecule has 24 heavy (non-hydrogen) atoms. The van der Waals surface area contributed by atoms with Crippen molar-refractivity contribution in [3.63, 3.8) is 0 Å². The first-order chi connectivity index (χ1) is 11.6. The Morgan fingerprint density at radius 2 is 1.92 bits per heavy atom. The molecule has 0 amide bonds. The summed E-state index contributed by atoms with van der Waals surface area (Å²) in [5.41, 5.74) is 2.94. The van der Waals surface area contributed by atoms with Gasteiger partial charge in [-0.15, -0.1) is 11.3 Å². The molecule has 0 atom stereocenters. The van der Waals surface area contributed by atoms with Crippen LogP contribution in [0.5, 0.6) is 0 Å². The molecule has 0 unspecified atom stereocenters. The van der Waals surface area contributed by atoms with Gasteiger partial charge in [-0.25, -0.2) is 4.98 Å². The van der Waals surface area contributed by atoms with Gasteiger partial charge in [-0.1, -0.05) is 29.8 Å². The maximum Gasteiger partial charge on any atom is 0.313 e. The zero-order valence-electron chi connectivity index (χ0n) is 13.5. The van der Waals surface area contributed by atoms with Crippen LogP contribution in [0.1, 0.15) is 28.6 Å². The predicted octanol–water partition coefficient (Wildman–Crippen LogP) is 4.41. The molecule has 0 fully saturated rings. The number of aromatic nitrogens is 1. The average molecular weight is 339 g/mol. The Hall–Kier alpha value is -2.53. The van der Waals surface area contributed by atoms with Crippen molar-refractivity contribution in [2.24, 2.45) is 0 Å². The molecule has 0 bridgehead atoms. The molecule has 0 N–H and O–H groups in total. The Bertz CT molecular complexity index is 897. The maximum atomic E-state index is 12.6. The number of rotatable bonds is 5. The summed E-state index contributed by atoms with van der Waals surface area (Å²) in [6, 6.07) is 11.8. The van der Waals surface area contributed by atoms with Crippen LogP contribution < -0.4 is 0 Å². The zero-order valence-corrected chi connectivity index (χ0v) is 14.4. The summed E-state index contributed by atoms with van der Waals surface area (Å²) in [6.07, 6.45) is 1.46. The van der Waals surface area contributed by atoms with Crippen molar-refractivity contribution in [2.45, 2.75) is 20.3 Å². The normalized spacial score (nSPS) is 10.8. The number of hydrogen-bond donors (Lipinski definition) is 0. The third-order valence-electron chi connectivity index (χ3n) is 3.67. The number of nitrogens with zero attached hydrogens (tertiary/aromatic N) is 1. The predicted molar refractivity (Wildman–Crippen MR) is 95.4 cm³/mol. The van der Waals surface area contributed by atoms with Crippen molar-refractivity contribution in [2.75, 3.05) is 6.61 Å². The summed E-state index contributed by atoms with van der Waals surface area (Å²) in [6.45, 7) is 4.01. The Morgan fingerprint density at radius 3 is 2.62 bits per heavy atom. The number of carbonyl (C=O) groups excluding carboxylic acids is 2. The van der Waals surface area contributed by atoms with E-state index in [1.807, 2.05) is 43.3 Å². The summed E-state index contributed by atoms with van der Waals surface area (Å²) >= 11 is 1.32. The standard InChI is InChI=1S/C19H17NO3S/c1-3-23-16(22)11-15(21)18-17(13-8-6-12(2)7-9-13)14-5-4-10-20-19(14)24-18/h4-10H,3,11H2,1-2H3. The van der Waals surface area contributed by atoms with Gasteiger partial charge in [-0.2, -0.15) is 0 Å². The summed E-state index contributed by atoms with van der Waals surface area (Å²) in [4.78, 5) is 30.0. The largest absolute Gasteiger partial charge is 0.466 e. The van der Waals surface area contributed by atoms with Crippen LogP contribution >= 0.6 is 11.3 Å². The summed E-state index contributed by atoms with van der Waals surface area (Å²) in [5, 5.41) is 0.929. The molecule has 2 aromatic heterocycles. The number of ketones is 1. The molecule has 5 heteroatoms. The lowest BCUT2D eigenvalue weighted by Gasteiger charge is -2.05. The molecule has 1 aromatic carbocycles. The molecule has 0 aliphatic rings. The number of Topliss-reactive ketones (excluding diaryl/α,β-unsaturated/α-hetero) is 1. The number of benzene rings is 1. The highest BCUT2D eigenvalue weighted by Gasteiger charge is 2.22. The number of ether oxygens (including phenoxy) is 1. The summed E-state index contributed by atoms with van der Waals surface area (Å²) in [7, 11) is 0. The van der Waals surface area contributed by atoms with Crippen molar-refractivity contribution in [3.8, 4) is 11.1 Å². The molecular weight excluding hydrogens is 322 g/mol. The Balaban J connectivity index is 2.10. The fraction of sp³-hybridized carbons (Fsp3) is 0.211. The van der Waals surface area contributed by atoms with Gasteiger partial charge in [0.2, 0.25) is 0 Å². The molecule has 4 nitrogen and oxygen atoms in total. The first-order valence-electron chi connectivity index (χ1n) is 7.73. The monoisotopic (exact) mass is 339 g/mol. The van der Waals surface area contributed by atoms with E-state index in [2.05, 4.69) is 4.98 Å². The molecule has 3 rings (SSSR count). The SMILES string of the molecule is CCOC(=O)CC(=O)c1sc2ncccc2c1-c1ccc(C)cc1. The van der Waals surface area contributed by atoms with Crippen molar-refractivity contribution in [1.29, 1.82) is 0 Å². The molecular formula is C19H17NO3S.